The number of rotatable bonds is 7. The standard InChI is InChI=1S/C19H29BrN4O.HI/c1-5-22-16(25)18(2,3)12-23-17(21-4)24-13-19(9-10-19)14-7-6-8-15(20)11-14;/h6-8,11H,5,9-10,12-13H2,1-4H3,(H,22,25)(H2,21,23,24);1H. The molecule has 0 unspecified atom stereocenters. The molecule has 0 heterocycles. The lowest BCUT2D eigenvalue weighted by Crippen LogP contribution is -2.48. The van der Waals surface area contributed by atoms with Gasteiger partial charge >= 0.3 is 0 Å². The Balaban J connectivity index is 0.00000338. The van der Waals surface area contributed by atoms with Gasteiger partial charge in [-0.3, -0.25) is 9.79 Å². The number of amides is 1. The number of hydrogen-bond acceptors (Lipinski definition) is 2. The molecule has 0 saturated heterocycles. The Hall–Kier alpha value is -0.830. The predicted molar refractivity (Wildman–Crippen MR) is 122 cm³/mol. The zero-order valence-corrected chi connectivity index (χ0v) is 19.9. The molecule has 1 aromatic rings. The lowest BCUT2D eigenvalue weighted by molar-refractivity contribution is -0.128. The molecule has 0 bridgehead atoms. The van der Waals surface area contributed by atoms with E-state index in [4.69, 9.17) is 0 Å². The van der Waals surface area contributed by atoms with Gasteiger partial charge in [0.2, 0.25) is 5.91 Å². The van der Waals surface area contributed by atoms with Crippen molar-refractivity contribution in [2.75, 3.05) is 26.7 Å². The smallest absolute Gasteiger partial charge is 0.227 e. The van der Waals surface area contributed by atoms with E-state index in [-0.39, 0.29) is 35.3 Å². The minimum atomic E-state index is -0.491. The maximum absolute atomic E-state index is 12.1. The van der Waals surface area contributed by atoms with Gasteiger partial charge in [-0.25, -0.2) is 0 Å². The Morgan fingerprint density at radius 1 is 1.27 bits per heavy atom. The van der Waals surface area contributed by atoms with Gasteiger partial charge in [-0.2, -0.15) is 0 Å². The highest BCUT2D eigenvalue weighted by molar-refractivity contribution is 14.0. The lowest BCUT2D eigenvalue weighted by Gasteiger charge is -2.25. The van der Waals surface area contributed by atoms with Crippen LogP contribution in [0.1, 0.15) is 39.2 Å². The number of guanidine groups is 1. The molecular weight excluding hydrogens is 507 g/mol. The van der Waals surface area contributed by atoms with Crippen LogP contribution in [0.5, 0.6) is 0 Å². The van der Waals surface area contributed by atoms with E-state index in [9.17, 15) is 4.79 Å². The first kappa shape index (κ1) is 23.2. The van der Waals surface area contributed by atoms with Crippen LogP contribution in [0.15, 0.2) is 33.7 Å². The molecule has 1 saturated carbocycles. The van der Waals surface area contributed by atoms with Crippen molar-refractivity contribution in [2.24, 2.45) is 10.4 Å². The van der Waals surface area contributed by atoms with E-state index in [0.29, 0.717) is 13.1 Å². The molecule has 0 atom stereocenters. The summed E-state index contributed by atoms with van der Waals surface area (Å²) in [7, 11) is 1.76. The van der Waals surface area contributed by atoms with Crippen LogP contribution >= 0.6 is 39.9 Å². The molecule has 2 rings (SSSR count). The van der Waals surface area contributed by atoms with Gasteiger partial charge in [0.05, 0.1) is 5.41 Å². The largest absolute Gasteiger partial charge is 0.356 e. The average molecular weight is 537 g/mol. The first-order valence-corrected chi connectivity index (χ1v) is 9.61. The summed E-state index contributed by atoms with van der Waals surface area (Å²) in [6, 6.07) is 8.52. The summed E-state index contributed by atoms with van der Waals surface area (Å²) in [5.41, 5.74) is 1.05. The van der Waals surface area contributed by atoms with Crippen molar-refractivity contribution in [3.63, 3.8) is 0 Å². The van der Waals surface area contributed by atoms with E-state index in [1.165, 1.54) is 18.4 Å². The van der Waals surface area contributed by atoms with Crippen molar-refractivity contribution >= 4 is 51.8 Å². The van der Waals surface area contributed by atoms with Gasteiger partial charge in [-0.05, 0) is 51.3 Å². The Bertz CT molecular complexity index is 644. The van der Waals surface area contributed by atoms with E-state index in [0.717, 1.165) is 17.0 Å². The SMILES string of the molecule is CCNC(=O)C(C)(C)CNC(=NC)NCC1(c2cccc(Br)c2)CC1.I. The van der Waals surface area contributed by atoms with Crippen LogP contribution < -0.4 is 16.0 Å². The number of carbonyl (C=O) groups excluding carboxylic acids is 1. The Kier molecular flexibility index (Phi) is 8.85. The number of halogens is 2. The van der Waals surface area contributed by atoms with Crippen molar-refractivity contribution < 1.29 is 4.79 Å². The van der Waals surface area contributed by atoms with Crippen molar-refractivity contribution in [2.45, 2.75) is 39.0 Å². The quantitative estimate of drug-likeness (QED) is 0.284. The maximum atomic E-state index is 12.1. The highest BCUT2D eigenvalue weighted by atomic mass is 127. The fourth-order valence-electron chi connectivity index (χ4n) is 2.80. The fourth-order valence-corrected chi connectivity index (χ4v) is 3.19. The molecule has 146 valence electrons. The van der Waals surface area contributed by atoms with Crippen molar-refractivity contribution in [3.05, 3.63) is 34.3 Å². The molecule has 0 aliphatic heterocycles. The van der Waals surface area contributed by atoms with Crippen molar-refractivity contribution in [3.8, 4) is 0 Å². The van der Waals surface area contributed by atoms with E-state index < -0.39 is 5.41 Å². The number of hydrogen-bond donors (Lipinski definition) is 3. The molecule has 0 aromatic heterocycles. The van der Waals surface area contributed by atoms with Crippen LogP contribution in [-0.4, -0.2) is 38.5 Å². The number of nitrogens with one attached hydrogen (secondary N) is 3. The lowest BCUT2D eigenvalue weighted by atomic mass is 9.92. The average Bonchev–Trinajstić information content (AvgIpc) is 3.36. The molecule has 1 aliphatic carbocycles. The second-order valence-corrected chi connectivity index (χ2v) is 8.23. The van der Waals surface area contributed by atoms with Crippen molar-refractivity contribution in [1.82, 2.24) is 16.0 Å². The molecule has 1 fully saturated rings. The van der Waals surface area contributed by atoms with Gasteiger partial charge in [0, 0.05) is 36.6 Å². The topological polar surface area (TPSA) is 65.5 Å². The second-order valence-electron chi connectivity index (χ2n) is 7.31. The first-order chi connectivity index (χ1) is 11.8. The molecule has 3 N–H and O–H groups in total. The third kappa shape index (κ3) is 6.11. The number of aliphatic imine (C=N–C) groups is 1. The van der Waals surface area contributed by atoms with E-state index >= 15 is 0 Å². The first-order valence-electron chi connectivity index (χ1n) is 8.82. The maximum Gasteiger partial charge on any atom is 0.227 e. The summed E-state index contributed by atoms with van der Waals surface area (Å²) >= 11 is 3.55. The third-order valence-electron chi connectivity index (χ3n) is 4.76. The summed E-state index contributed by atoms with van der Waals surface area (Å²) in [4.78, 5) is 16.4. The summed E-state index contributed by atoms with van der Waals surface area (Å²) in [5, 5.41) is 9.58. The van der Waals surface area contributed by atoms with Gasteiger partial charge in [-0.1, -0.05) is 28.1 Å². The van der Waals surface area contributed by atoms with Crippen LogP contribution in [0, 0.1) is 5.41 Å². The number of carbonyl (C=O) groups is 1. The van der Waals surface area contributed by atoms with E-state index in [2.05, 4.69) is 61.1 Å². The van der Waals surface area contributed by atoms with Gasteiger partial charge in [-0.15, -0.1) is 24.0 Å². The van der Waals surface area contributed by atoms with Gasteiger partial charge < -0.3 is 16.0 Å². The third-order valence-corrected chi connectivity index (χ3v) is 5.25. The molecule has 26 heavy (non-hydrogen) atoms. The van der Waals surface area contributed by atoms with E-state index in [1.54, 1.807) is 7.05 Å². The summed E-state index contributed by atoms with van der Waals surface area (Å²) in [5.74, 6) is 0.782. The highest BCUT2D eigenvalue weighted by Crippen LogP contribution is 2.48. The zero-order valence-electron chi connectivity index (χ0n) is 16.0. The molecule has 1 amide bonds. The number of nitrogens with zero attached hydrogens (tertiary/aromatic N) is 1. The van der Waals surface area contributed by atoms with Crippen LogP contribution in [0.2, 0.25) is 0 Å². The summed E-state index contributed by atoms with van der Waals surface area (Å²) in [6.45, 7) is 7.81. The monoisotopic (exact) mass is 536 g/mol. The minimum absolute atomic E-state index is 0. The molecule has 0 radical (unpaired) electrons. The van der Waals surface area contributed by atoms with Crippen LogP contribution in [0.25, 0.3) is 0 Å². The van der Waals surface area contributed by atoms with Crippen LogP contribution in [-0.2, 0) is 10.2 Å². The Morgan fingerprint density at radius 2 is 1.96 bits per heavy atom. The molecule has 0 spiro atoms. The van der Waals surface area contributed by atoms with Gasteiger partial charge in [0.15, 0.2) is 5.96 Å². The minimum Gasteiger partial charge on any atom is -0.356 e. The van der Waals surface area contributed by atoms with Crippen LogP contribution in [0.4, 0.5) is 0 Å². The number of benzene rings is 1. The van der Waals surface area contributed by atoms with E-state index in [1.807, 2.05) is 20.8 Å². The molecule has 1 aromatic carbocycles. The molecule has 5 nitrogen and oxygen atoms in total. The van der Waals surface area contributed by atoms with Crippen LogP contribution in [0.3, 0.4) is 0 Å². The van der Waals surface area contributed by atoms with Gasteiger partial charge in [0.25, 0.3) is 0 Å². The second kappa shape index (κ2) is 9.92. The van der Waals surface area contributed by atoms with Crippen molar-refractivity contribution in [1.29, 1.82) is 0 Å². The highest BCUT2D eigenvalue weighted by Gasteiger charge is 2.44. The zero-order chi connectivity index (χ0) is 18.5. The van der Waals surface area contributed by atoms with Gasteiger partial charge in [0.1, 0.15) is 0 Å². The Labute approximate surface area is 182 Å². The molecular formula is C19H30BrIN4O. The Morgan fingerprint density at radius 3 is 2.50 bits per heavy atom. The fraction of sp³-hybridized carbons (Fsp3) is 0.579. The predicted octanol–water partition coefficient (Wildman–Crippen LogP) is 3.43. The molecule has 1 aliphatic rings. The molecule has 7 heteroatoms. The summed E-state index contributed by atoms with van der Waals surface area (Å²) < 4.78 is 1.11. The summed E-state index contributed by atoms with van der Waals surface area (Å²) in [6.07, 6.45) is 2.36. The normalized spacial score (nSPS) is 15.7.